The molecule has 0 spiro atoms. The number of carbonyl (C=O) groups is 1. The molecule has 0 aromatic heterocycles. The number of carbonyl (C=O) groups excluding carboxylic acids is 1. The van der Waals surface area contributed by atoms with Gasteiger partial charge in [-0.1, -0.05) is 13.0 Å². The van der Waals surface area contributed by atoms with Gasteiger partial charge in [0.2, 0.25) is 0 Å². The normalized spacial score (nSPS) is 11.9. The first-order valence-corrected chi connectivity index (χ1v) is 5.48. The lowest BCUT2D eigenvalue weighted by Gasteiger charge is -2.12. The number of benzene rings is 1. The van der Waals surface area contributed by atoms with Gasteiger partial charge in [-0.2, -0.15) is 0 Å². The fraction of sp³-hybridized carbons (Fsp3) is 0.417. The van der Waals surface area contributed by atoms with Crippen molar-refractivity contribution < 1.29 is 14.6 Å². The second kappa shape index (κ2) is 6.10. The Balaban J connectivity index is 2.75. The molecule has 0 saturated carbocycles. The van der Waals surface area contributed by atoms with Crippen molar-refractivity contribution in [2.75, 3.05) is 19.4 Å². The first-order valence-electron chi connectivity index (χ1n) is 5.48. The summed E-state index contributed by atoms with van der Waals surface area (Å²) in [4.78, 5) is 11.8. The molecule has 17 heavy (non-hydrogen) atoms. The van der Waals surface area contributed by atoms with E-state index in [-0.39, 0.29) is 12.5 Å². The van der Waals surface area contributed by atoms with Crippen LogP contribution in [0, 0.1) is 0 Å². The van der Waals surface area contributed by atoms with Crippen LogP contribution in [0.5, 0.6) is 5.75 Å². The Morgan fingerprint density at radius 3 is 2.88 bits per heavy atom. The molecule has 1 amide bonds. The molecule has 0 aliphatic carbocycles. The van der Waals surface area contributed by atoms with Crippen molar-refractivity contribution in [1.29, 1.82) is 0 Å². The van der Waals surface area contributed by atoms with Crippen LogP contribution in [0.25, 0.3) is 0 Å². The fourth-order valence-corrected chi connectivity index (χ4v) is 1.37. The molecule has 5 nitrogen and oxygen atoms in total. The SMILES string of the molecule is CCC(O)CNC(=O)c1cccc(OC)c1N. The van der Waals surface area contributed by atoms with Crippen LogP contribution in [0.1, 0.15) is 23.7 Å². The predicted octanol–water partition coefficient (Wildman–Crippen LogP) is 0.778. The Morgan fingerprint density at radius 1 is 1.59 bits per heavy atom. The standard InChI is InChI=1S/C12H18N2O3/c1-3-8(15)7-14-12(16)9-5-4-6-10(17-2)11(9)13/h4-6,8,15H,3,7,13H2,1-2H3,(H,14,16). The van der Waals surface area contributed by atoms with E-state index in [1.54, 1.807) is 18.2 Å². The van der Waals surface area contributed by atoms with Crippen LogP contribution in [0.4, 0.5) is 5.69 Å². The van der Waals surface area contributed by atoms with Gasteiger partial charge < -0.3 is 20.9 Å². The number of amides is 1. The molecular weight excluding hydrogens is 220 g/mol. The van der Waals surface area contributed by atoms with Crippen LogP contribution in [0.3, 0.4) is 0 Å². The number of aliphatic hydroxyl groups is 1. The van der Waals surface area contributed by atoms with Crippen LogP contribution < -0.4 is 15.8 Å². The van der Waals surface area contributed by atoms with Gasteiger partial charge in [0.25, 0.3) is 5.91 Å². The molecule has 1 atom stereocenters. The van der Waals surface area contributed by atoms with Gasteiger partial charge >= 0.3 is 0 Å². The Labute approximate surface area is 101 Å². The number of anilines is 1. The summed E-state index contributed by atoms with van der Waals surface area (Å²) in [6.07, 6.45) is 0.0548. The molecule has 0 radical (unpaired) electrons. The minimum Gasteiger partial charge on any atom is -0.495 e. The number of aliphatic hydroxyl groups excluding tert-OH is 1. The highest BCUT2D eigenvalue weighted by atomic mass is 16.5. The maximum Gasteiger partial charge on any atom is 0.253 e. The maximum absolute atomic E-state index is 11.8. The van der Waals surface area contributed by atoms with Gasteiger partial charge in [0.1, 0.15) is 5.75 Å². The zero-order valence-electron chi connectivity index (χ0n) is 10.1. The number of nitrogen functional groups attached to an aromatic ring is 1. The lowest BCUT2D eigenvalue weighted by Crippen LogP contribution is -2.32. The first kappa shape index (κ1) is 13.3. The zero-order chi connectivity index (χ0) is 12.8. The largest absolute Gasteiger partial charge is 0.495 e. The number of rotatable bonds is 5. The van der Waals surface area contributed by atoms with Crippen molar-refractivity contribution in [3.63, 3.8) is 0 Å². The van der Waals surface area contributed by atoms with Gasteiger partial charge in [0.15, 0.2) is 0 Å². The molecule has 0 aliphatic rings. The maximum atomic E-state index is 11.8. The summed E-state index contributed by atoms with van der Waals surface area (Å²) >= 11 is 0. The first-order chi connectivity index (χ1) is 8.10. The van der Waals surface area contributed by atoms with E-state index < -0.39 is 6.10 Å². The lowest BCUT2D eigenvalue weighted by molar-refractivity contribution is 0.0914. The minimum atomic E-state index is -0.536. The highest BCUT2D eigenvalue weighted by Gasteiger charge is 2.13. The third-order valence-electron chi connectivity index (χ3n) is 2.50. The van der Waals surface area contributed by atoms with E-state index in [0.717, 1.165) is 0 Å². The van der Waals surface area contributed by atoms with E-state index in [4.69, 9.17) is 10.5 Å². The summed E-state index contributed by atoms with van der Waals surface area (Å²) < 4.78 is 5.03. The predicted molar refractivity (Wildman–Crippen MR) is 66.0 cm³/mol. The second-order valence-corrected chi connectivity index (χ2v) is 3.69. The molecule has 0 saturated heterocycles. The third kappa shape index (κ3) is 3.35. The molecule has 0 fully saturated rings. The molecule has 0 heterocycles. The lowest BCUT2D eigenvalue weighted by atomic mass is 10.1. The Bertz CT molecular complexity index is 393. The summed E-state index contributed by atoms with van der Waals surface area (Å²) in [5.74, 6) is 0.155. The number of hydrogen-bond acceptors (Lipinski definition) is 4. The van der Waals surface area contributed by atoms with Crippen molar-refractivity contribution in [3.05, 3.63) is 23.8 Å². The van der Waals surface area contributed by atoms with E-state index in [9.17, 15) is 9.90 Å². The molecule has 1 aromatic rings. The number of ether oxygens (including phenoxy) is 1. The number of hydrogen-bond donors (Lipinski definition) is 3. The number of para-hydroxylation sites is 1. The van der Waals surface area contributed by atoms with Crippen molar-refractivity contribution >= 4 is 11.6 Å². The van der Waals surface area contributed by atoms with E-state index in [2.05, 4.69) is 5.32 Å². The van der Waals surface area contributed by atoms with E-state index >= 15 is 0 Å². The Morgan fingerprint density at radius 2 is 2.29 bits per heavy atom. The Hall–Kier alpha value is -1.75. The topological polar surface area (TPSA) is 84.6 Å². The zero-order valence-corrected chi connectivity index (χ0v) is 10.1. The summed E-state index contributed by atoms with van der Waals surface area (Å²) in [5.41, 5.74) is 6.44. The monoisotopic (exact) mass is 238 g/mol. The smallest absolute Gasteiger partial charge is 0.253 e. The van der Waals surface area contributed by atoms with E-state index in [1.807, 2.05) is 6.92 Å². The van der Waals surface area contributed by atoms with Crippen LogP contribution >= 0.6 is 0 Å². The Kier molecular flexibility index (Phi) is 4.78. The van der Waals surface area contributed by atoms with E-state index in [1.165, 1.54) is 7.11 Å². The molecule has 1 rings (SSSR count). The molecule has 94 valence electrons. The van der Waals surface area contributed by atoms with Gasteiger partial charge in [0.05, 0.1) is 24.5 Å². The molecule has 0 bridgehead atoms. The van der Waals surface area contributed by atoms with Gasteiger partial charge in [-0.3, -0.25) is 4.79 Å². The van der Waals surface area contributed by atoms with Gasteiger partial charge in [-0.15, -0.1) is 0 Å². The molecule has 1 unspecified atom stereocenters. The van der Waals surface area contributed by atoms with Crippen LogP contribution in [0.15, 0.2) is 18.2 Å². The number of nitrogens with two attached hydrogens (primary N) is 1. The second-order valence-electron chi connectivity index (χ2n) is 3.69. The third-order valence-corrected chi connectivity index (χ3v) is 2.50. The molecule has 1 aromatic carbocycles. The quantitative estimate of drug-likeness (QED) is 0.662. The van der Waals surface area contributed by atoms with Crippen molar-refractivity contribution in [2.45, 2.75) is 19.4 Å². The van der Waals surface area contributed by atoms with E-state index in [0.29, 0.717) is 23.4 Å². The number of nitrogens with one attached hydrogen (secondary N) is 1. The number of methoxy groups -OCH3 is 1. The van der Waals surface area contributed by atoms with Crippen molar-refractivity contribution in [1.82, 2.24) is 5.32 Å². The van der Waals surface area contributed by atoms with Gasteiger partial charge in [-0.05, 0) is 18.6 Å². The van der Waals surface area contributed by atoms with Gasteiger partial charge in [-0.25, -0.2) is 0 Å². The van der Waals surface area contributed by atoms with Crippen molar-refractivity contribution in [2.24, 2.45) is 0 Å². The average molecular weight is 238 g/mol. The van der Waals surface area contributed by atoms with Crippen LogP contribution in [-0.2, 0) is 0 Å². The van der Waals surface area contributed by atoms with Crippen LogP contribution in [-0.4, -0.2) is 30.8 Å². The summed E-state index contributed by atoms with van der Waals surface area (Å²) in [5, 5.41) is 12.0. The summed E-state index contributed by atoms with van der Waals surface area (Å²) in [6.45, 7) is 2.06. The highest BCUT2D eigenvalue weighted by Crippen LogP contribution is 2.24. The molecule has 4 N–H and O–H groups in total. The van der Waals surface area contributed by atoms with Crippen LogP contribution in [0.2, 0.25) is 0 Å². The fourth-order valence-electron chi connectivity index (χ4n) is 1.37. The summed E-state index contributed by atoms with van der Waals surface area (Å²) in [7, 11) is 1.49. The molecule has 0 aliphatic heterocycles. The highest BCUT2D eigenvalue weighted by molar-refractivity contribution is 6.00. The molecule has 5 heteroatoms. The van der Waals surface area contributed by atoms with Gasteiger partial charge in [0, 0.05) is 6.54 Å². The average Bonchev–Trinajstić information content (AvgIpc) is 2.35. The summed E-state index contributed by atoms with van der Waals surface area (Å²) in [6, 6.07) is 5.00. The van der Waals surface area contributed by atoms with Crippen molar-refractivity contribution in [3.8, 4) is 5.75 Å². The minimum absolute atomic E-state index is 0.214. The molecular formula is C12H18N2O3.